The molecule has 0 radical (unpaired) electrons. The summed E-state index contributed by atoms with van der Waals surface area (Å²) in [4.78, 5) is 44.7. The van der Waals surface area contributed by atoms with E-state index in [1.54, 1.807) is 41.2 Å². The number of nitriles is 1. The number of Topliss-reactive ketones (excluding diaryl/α,β-unsaturated/α-hetero) is 1. The van der Waals surface area contributed by atoms with Crippen molar-refractivity contribution in [2.75, 3.05) is 20.2 Å². The van der Waals surface area contributed by atoms with Crippen LogP contribution < -0.4 is 4.74 Å². The third-order valence-corrected chi connectivity index (χ3v) is 9.88. The minimum atomic E-state index is -0.867. The van der Waals surface area contributed by atoms with E-state index in [1.165, 1.54) is 0 Å². The second-order valence-electron chi connectivity index (χ2n) is 12.0. The molecule has 3 heterocycles. The number of benzene rings is 2. The number of nitrogens with zero attached hydrogens (tertiary/aromatic N) is 3. The fourth-order valence-electron chi connectivity index (χ4n) is 7.69. The molecule has 4 aliphatic rings. The van der Waals surface area contributed by atoms with Gasteiger partial charge in [-0.1, -0.05) is 44.2 Å². The summed E-state index contributed by atoms with van der Waals surface area (Å²) >= 11 is 0. The molecular formula is C31H29N3O5. The molecule has 2 amide bonds. The largest absolute Gasteiger partial charge is 0.496 e. The lowest BCUT2D eigenvalue weighted by Gasteiger charge is -2.33. The summed E-state index contributed by atoms with van der Waals surface area (Å²) in [5.41, 5.74) is 1.47. The quantitative estimate of drug-likeness (QED) is 0.518. The Kier molecular flexibility index (Phi) is 4.88. The molecule has 0 bridgehead atoms. The van der Waals surface area contributed by atoms with Crippen molar-refractivity contribution < 1.29 is 23.5 Å². The number of methoxy groups -OCH3 is 1. The minimum absolute atomic E-state index is 0.0182. The predicted molar refractivity (Wildman–Crippen MR) is 141 cm³/mol. The fraction of sp³-hybridized carbons (Fsp3) is 0.419. The van der Waals surface area contributed by atoms with E-state index in [9.17, 15) is 19.6 Å². The van der Waals surface area contributed by atoms with Crippen molar-refractivity contribution in [1.82, 2.24) is 9.80 Å². The molecule has 2 aliphatic heterocycles. The van der Waals surface area contributed by atoms with Crippen LogP contribution >= 0.6 is 0 Å². The number of furan rings is 1. The summed E-state index contributed by atoms with van der Waals surface area (Å²) in [5, 5.41) is 10.8. The maximum atomic E-state index is 14.3. The molecule has 39 heavy (non-hydrogen) atoms. The number of hydrogen-bond donors (Lipinski definition) is 0. The highest BCUT2D eigenvalue weighted by Crippen LogP contribution is 2.65. The lowest BCUT2D eigenvalue weighted by Crippen LogP contribution is -2.52. The first-order valence-corrected chi connectivity index (χ1v) is 13.4. The number of carbonyl (C=O) groups excluding carboxylic acids is 3. The van der Waals surface area contributed by atoms with Crippen LogP contribution in [0.2, 0.25) is 0 Å². The maximum Gasteiger partial charge on any atom is 0.290 e. The summed E-state index contributed by atoms with van der Waals surface area (Å²) < 4.78 is 11.3. The van der Waals surface area contributed by atoms with Gasteiger partial charge in [-0.25, -0.2) is 0 Å². The van der Waals surface area contributed by atoms with Crippen LogP contribution in [0.25, 0.3) is 11.0 Å². The van der Waals surface area contributed by atoms with Crippen LogP contribution in [-0.2, 0) is 21.4 Å². The van der Waals surface area contributed by atoms with Crippen molar-refractivity contribution in [1.29, 1.82) is 5.26 Å². The number of likely N-dealkylation sites (tertiary alicyclic amines) is 2. The molecule has 3 aromatic rings. The molecule has 1 saturated carbocycles. The van der Waals surface area contributed by atoms with Crippen molar-refractivity contribution in [3.05, 3.63) is 65.4 Å². The van der Waals surface area contributed by atoms with E-state index in [2.05, 4.69) is 19.9 Å². The van der Waals surface area contributed by atoms with Crippen molar-refractivity contribution in [2.45, 2.75) is 44.2 Å². The van der Waals surface area contributed by atoms with E-state index < -0.39 is 17.5 Å². The Hall–Kier alpha value is -4.12. The maximum absolute atomic E-state index is 14.3. The van der Waals surface area contributed by atoms with Gasteiger partial charge < -0.3 is 19.0 Å². The highest BCUT2D eigenvalue weighted by molar-refractivity contribution is 6.02. The van der Waals surface area contributed by atoms with Gasteiger partial charge in [-0.15, -0.1) is 0 Å². The van der Waals surface area contributed by atoms with Crippen molar-refractivity contribution in [3.63, 3.8) is 0 Å². The molecule has 0 N–H and O–H groups in total. The third kappa shape index (κ3) is 3.13. The lowest BCUT2D eigenvalue weighted by molar-refractivity contribution is -0.137. The first-order chi connectivity index (χ1) is 18.7. The van der Waals surface area contributed by atoms with Crippen LogP contribution in [0.1, 0.15) is 41.9 Å². The van der Waals surface area contributed by atoms with Gasteiger partial charge in [0, 0.05) is 25.6 Å². The van der Waals surface area contributed by atoms with E-state index in [-0.39, 0.29) is 53.6 Å². The Labute approximate surface area is 226 Å². The first kappa shape index (κ1) is 24.0. The molecule has 8 heteroatoms. The molecule has 2 aromatic carbocycles. The molecule has 7 rings (SSSR count). The second kappa shape index (κ2) is 7.95. The second-order valence-corrected chi connectivity index (χ2v) is 12.0. The standard InChI is InChI=1S/C31H29N3O5/c1-30(2)21-15-33(28(36)24-12-19-22(38-3)9-6-10-23(19)39-24)27(26(21)30)29(37)34-16-31(13-18(34)14-32)20-8-5-4-7-17(20)11-25(31)35/h4-10,12,18,21,26-27H,11,13,15-16H2,1-3H3/t18-,21-,26-,27-,31-/m0/s1. The molecular weight excluding hydrogens is 494 g/mol. The Morgan fingerprint density at radius 2 is 1.92 bits per heavy atom. The molecule has 2 saturated heterocycles. The van der Waals surface area contributed by atoms with Crippen molar-refractivity contribution in [2.24, 2.45) is 17.3 Å². The van der Waals surface area contributed by atoms with Gasteiger partial charge in [0.2, 0.25) is 5.91 Å². The number of hydrogen-bond acceptors (Lipinski definition) is 6. The Bertz CT molecular complexity index is 1620. The summed E-state index contributed by atoms with van der Waals surface area (Å²) in [6.45, 7) is 4.86. The van der Waals surface area contributed by atoms with Crippen LogP contribution in [0, 0.1) is 28.6 Å². The Morgan fingerprint density at radius 1 is 1.13 bits per heavy atom. The lowest BCUT2D eigenvalue weighted by atomic mass is 9.79. The number of rotatable bonds is 3. The van der Waals surface area contributed by atoms with E-state index in [0.29, 0.717) is 29.7 Å². The summed E-state index contributed by atoms with van der Waals surface area (Å²) in [7, 11) is 1.57. The zero-order valence-electron chi connectivity index (χ0n) is 22.1. The van der Waals surface area contributed by atoms with Crippen LogP contribution in [0.15, 0.2) is 52.9 Å². The normalized spacial score (nSPS) is 29.9. The average molecular weight is 524 g/mol. The fourth-order valence-corrected chi connectivity index (χ4v) is 7.69. The smallest absolute Gasteiger partial charge is 0.290 e. The molecule has 1 aromatic heterocycles. The molecule has 5 atom stereocenters. The van der Waals surface area contributed by atoms with Gasteiger partial charge in [0.25, 0.3) is 5.91 Å². The molecule has 198 valence electrons. The Morgan fingerprint density at radius 3 is 2.69 bits per heavy atom. The number of ketones is 1. The molecule has 1 spiro atoms. The van der Waals surface area contributed by atoms with Crippen LogP contribution in [0.4, 0.5) is 0 Å². The van der Waals surface area contributed by atoms with Gasteiger partial charge in [-0.2, -0.15) is 5.26 Å². The van der Waals surface area contributed by atoms with Gasteiger partial charge in [0.05, 0.1) is 24.0 Å². The summed E-state index contributed by atoms with van der Waals surface area (Å²) in [5.74, 6) is 0.375. The highest BCUT2D eigenvalue weighted by atomic mass is 16.5. The van der Waals surface area contributed by atoms with Gasteiger partial charge in [-0.3, -0.25) is 14.4 Å². The van der Waals surface area contributed by atoms with Gasteiger partial charge in [0.15, 0.2) is 5.76 Å². The summed E-state index contributed by atoms with van der Waals surface area (Å²) in [6, 6.07) is 15.6. The average Bonchev–Trinajstić information content (AvgIpc) is 3.52. The van der Waals surface area contributed by atoms with Crippen LogP contribution in [-0.4, -0.2) is 59.7 Å². The van der Waals surface area contributed by atoms with Gasteiger partial charge in [0.1, 0.15) is 29.2 Å². The van der Waals surface area contributed by atoms with E-state index in [4.69, 9.17) is 9.15 Å². The van der Waals surface area contributed by atoms with E-state index >= 15 is 0 Å². The SMILES string of the molecule is COc1cccc2oc(C(=O)N3C[C@H]4[C@@H]([C@H]3C(=O)N3C[C@]5(C[C@H]3C#N)C(=O)Cc3ccccc35)C4(C)C)cc12. The van der Waals surface area contributed by atoms with Crippen LogP contribution in [0.3, 0.4) is 0 Å². The number of ether oxygens (including phenoxy) is 1. The zero-order valence-corrected chi connectivity index (χ0v) is 22.1. The predicted octanol–water partition coefficient (Wildman–Crippen LogP) is 3.73. The van der Waals surface area contributed by atoms with Crippen molar-refractivity contribution >= 4 is 28.6 Å². The highest BCUT2D eigenvalue weighted by Gasteiger charge is 2.70. The first-order valence-electron chi connectivity index (χ1n) is 13.4. The Balaban J connectivity index is 1.23. The van der Waals surface area contributed by atoms with Gasteiger partial charge in [-0.05, 0) is 46.9 Å². The van der Waals surface area contributed by atoms with Crippen LogP contribution in [0.5, 0.6) is 5.75 Å². The van der Waals surface area contributed by atoms with Crippen molar-refractivity contribution in [3.8, 4) is 11.8 Å². The van der Waals surface area contributed by atoms with Gasteiger partial charge >= 0.3 is 0 Å². The molecule has 3 fully saturated rings. The summed E-state index contributed by atoms with van der Waals surface area (Å²) in [6.07, 6.45) is 0.601. The number of amides is 2. The number of fused-ring (bicyclic) bond motifs is 4. The number of piperidine rings is 1. The monoisotopic (exact) mass is 523 g/mol. The zero-order chi connectivity index (χ0) is 27.3. The number of carbonyl (C=O) groups is 3. The third-order valence-electron chi connectivity index (χ3n) is 9.88. The molecule has 2 aliphatic carbocycles. The minimum Gasteiger partial charge on any atom is -0.496 e. The molecule has 0 unspecified atom stereocenters. The van der Waals surface area contributed by atoms with E-state index in [1.807, 2.05) is 24.3 Å². The van der Waals surface area contributed by atoms with E-state index in [0.717, 1.165) is 11.1 Å². The molecule has 8 nitrogen and oxygen atoms in total. The topological polar surface area (TPSA) is 104 Å².